The number of likely N-dealkylation sites (tertiary alicyclic amines) is 1. The minimum Gasteiger partial charge on any atom is -0.507 e. The van der Waals surface area contributed by atoms with Gasteiger partial charge in [-0.25, -0.2) is 13.1 Å². The number of hydrogen-bond acceptors (Lipinski definition) is 6. The molecule has 0 aromatic heterocycles. The van der Waals surface area contributed by atoms with Crippen molar-refractivity contribution in [2.24, 2.45) is 5.92 Å². The number of carbonyl (C=O) groups is 1. The van der Waals surface area contributed by atoms with E-state index in [1.165, 1.54) is 0 Å². The van der Waals surface area contributed by atoms with Crippen LogP contribution in [0.3, 0.4) is 0 Å². The Morgan fingerprint density at radius 1 is 1.07 bits per heavy atom. The van der Waals surface area contributed by atoms with Gasteiger partial charge in [-0.2, -0.15) is 0 Å². The number of Topliss-reactive ketones (excluding diaryl/α,β-unsaturated/α-hetero) is 1. The maximum absolute atomic E-state index is 13.7. The van der Waals surface area contributed by atoms with Crippen LogP contribution in [0.15, 0.2) is 36.4 Å². The first-order valence-corrected chi connectivity index (χ1v) is 16.2. The number of rotatable bonds is 11. The Labute approximate surface area is 262 Å². The van der Waals surface area contributed by atoms with Crippen molar-refractivity contribution in [3.63, 3.8) is 0 Å². The number of carbonyl (C=O) groups excluding carboxylic acids is 1. The lowest BCUT2D eigenvalue weighted by Gasteiger charge is -2.28. The molecule has 0 saturated carbocycles. The number of ether oxygens (including phenoxy) is 1. The average Bonchev–Trinajstić information content (AvgIpc) is 3.14. The van der Waals surface area contributed by atoms with Gasteiger partial charge in [-0.15, -0.1) is 17.0 Å². The van der Waals surface area contributed by atoms with Crippen molar-refractivity contribution in [1.29, 1.82) is 5.41 Å². The van der Waals surface area contributed by atoms with Gasteiger partial charge in [0.15, 0.2) is 5.78 Å². The maximum Gasteiger partial charge on any atom is 0.208 e. The van der Waals surface area contributed by atoms with Crippen LogP contribution in [-0.2, 0) is 20.9 Å². The van der Waals surface area contributed by atoms with Crippen LogP contribution in [0.5, 0.6) is 11.5 Å². The molecule has 1 saturated heterocycles. The second-order valence-electron chi connectivity index (χ2n) is 13.2. The van der Waals surface area contributed by atoms with E-state index < -0.39 is 10.0 Å². The Bertz CT molecular complexity index is 1330. The number of ketones is 1. The van der Waals surface area contributed by atoms with E-state index in [1.54, 1.807) is 0 Å². The molecule has 3 rings (SSSR count). The monoisotopic (exact) mass is 665 g/mol. The van der Waals surface area contributed by atoms with Crippen molar-refractivity contribution in [2.45, 2.75) is 78.1 Å². The number of nitrogens with zero attached hydrogens (tertiary/aromatic N) is 1. The third kappa shape index (κ3) is 9.04. The maximum atomic E-state index is 13.7. The minimum atomic E-state index is -3.26. The van der Waals surface area contributed by atoms with Crippen molar-refractivity contribution >= 4 is 38.6 Å². The van der Waals surface area contributed by atoms with Crippen LogP contribution in [0.1, 0.15) is 94.3 Å². The third-order valence-corrected chi connectivity index (χ3v) is 8.31. The van der Waals surface area contributed by atoms with Crippen LogP contribution in [0, 0.1) is 11.3 Å². The highest BCUT2D eigenvalue weighted by Gasteiger charge is 2.39. The van der Waals surface area contributed by atoms with Gasteiger partial charge < -0.3 is 14.7 Å². The lowest BCUT2D eigenvalue weighted by atomic mass is 9.78. The number of phenolic OH excluding ortho intramolecular Hbond substituents is 1. The molecule has 42 heavy (non-hydrogen) atoms. The molecule has 0 bridgehead atoms. The molecule has 1 fully saturated rings. The largest absolute Gasteiger partial charge is 0.507 e. The summed E-state index contributed by atoms with van der Waals surface area (Å²) in [6.07, 6.45) is 3.03. The van der Waals surface area contributed by atoms with E-state index in [0.717, 1.165) is 35.8 Å². The number of sulfonamides is 1. The van der Waals surface area contributed by atoms with E-state index in [9.17, 15) is 18.3 Å². The first-order valence-electron chi connectivity index (χ1n) is 14.3. The van der Waals surface area contributed by atoms with Crippen molar-refractivity contribution in [3.05, 3.63) is 58.7 Å². The zero-order valence-electron chi connectivity index (χ0n) is 26.2. The van der Waals surface area contributed by atoms with Gasteiger partial charge in [-0.05, 0) is 53.0 Å². The molecule has 0 unspecified atom stereocenters. The molecule has 2 aromatic rings. The van der Waals surface area contributed by atoms with E-state index in [2.05, 4.69) is 11.6 Å². The minimum absolute atomic E-state index is 0. The van der Waals surface area contributed by atoms with E-state index >= 15 is 0 Å². The predicted molar refractivity (Wildman–Crippen MR) is 175 cm³/mol. The van der Waals surface area contributed by atoms with E-state index in [-0.39, 0.29) is 70.9 Å². The molecule has 0 aliphatic carbocycles. The second-order valence-corrected chi connectivity index (χ2v) is 15.1. The smallest absolute Gasteiger partial charge is 0.208 e. The van der Waals surface area contributed by atoms with Crippen LogP contribution in [0.25, 0.3) is 0 Å². The molecular weight excluding hydrogens is 618 g/mol. The number of aromatic hydroxyl groups is 1. The normalized spacial score (nSPS) is 17.7. The van der Waals surface area contributed by atoms with Crippen LogP contribution in [0.2, 0.25) is 0 Å². The van der Waals surface area contributed by atoms with Gasteiger partial charge in [-0.1, -0.05) is 67.0 Å². The van der Waals surface area contributed by atoms with Crippen LogP contribution < -0.4 is 9.46 Å². The van der Waals surface area contributed by atoms with Crippen LogP contribution >= 0.6 is 17.0 Å². The first kappa shape index (κ1) is 35.8. The molecule has 1 aliphatic heterocycles. The molecule has 8 nitrogen and oxygen atoms in total. The summed E-state index contributed by atoms with van der Waals surface area (Å²) in [5, 5.41) is 20.1. The fourth-order valence-electron chi connectivity index (χ4n) is 5.49. The Hall–Kier alpha value is -2.43. The number of amidine groups is 1. The summed E-state index contributed by atoms with van der Waals surface area (Å²) in [5.74, 6) is 1.34. The van der Waals surface area contributed by atoms with Gasteiger partial charge >= 0.3 is 0 Å². The Morgan fingerprint density at radius 2 is 1.62 bits per heavy atom. The summed E-state index contributed by atoms with van der Waals surface area (Å²) in [5.41, 5.74) is 2.39. The van der Waals surface area contributed by atoms with Gasteiger partial charge in [-0.3, -0.25) is 10.2 Å². The highest BCUT2D eigenvalue weighted by molar-refractivity contribution is 8.93. The van der Waals surface area contributed by atoms with Gasteiger partial charge in [0.05, 0.1) is 12.8 Å². The molecule has 234 valence electrons. The lowest BCUT2D eigenvalue weighted by Crippen LogP contribution is -2.32. The van der Waals surface area contributed by atoms with Gasteiger partial charge in [0.2, 0.25) is 10.0 Å². The molecule has 10 heteroatoms. The number of phenols is 1. The molecule has 2 atom stereocenters. The van der Waals surface area contributed by atoms with Crippen LogP contribution in [0.4, 0.5) is 0 Å². The van der Waals surface area contributed by atoms with E-state index in [4.69, 9.17) is 10.1 Å². The zero-order valence-corrected chi connectivity index (χ0v) is 28.7. The summed E-state index contributed by atoms with van der Waals surface area (Å²) in [7, 11) is -3.26. The summed E-state index contributed by atoms with van der Waals surface area (Å²) in [4.78, 5) is 15.6. The molecule has 0 amide bonds. The Morgan fingerprint density at radius 3 is 2.10 bits per heavy atom. The van der Waals surface area contributed by atoms with E-state index in [1.807, 2.05) is 82.8 Å². The van der Waals surface area contributed by atoms with Gasteiger partial charge in [0.25, 0.3) is 0 Å². The molecule has 2 aromatic carbocycles. The molecule has 3 N–H and O–H groups in total. The third-order valence-electron chi connectivity index (χ3n) is 7.58. The Kier molecular flexibility index (Phi) is 11.8. The molecule has 0 radical (unpaired) electrons. The molecule has 1 aliphatic rings. The molecular formula is C32H48BrN3O5S. The van der Waals surface area contributed by atoms with E-state index in [0.29, 0.717) is 23.7 Å². The number of benzene rings is 2. The molecule has 0 spiro atoms. The highest BCUT2D eigenvalue weighted by Crippen LogP contribution is 2.41. The fourth-order valence-corrected chi connectivity index (χ4v) is 5.94. The number of hydrogen-bond donors (Lipinski definition) is 3. The highest BCUT2D eigenvalue weighted by atomic mass is 79.9. The van der Waals surface area contributed by atoms with Crippen molar-refractivity contribution < 1.29 is 23.1 Å². The second kappa shape index (κ2) is 13.9. The average molecular weight is 667 g/mol. The zero-order chi connectivity index (χ0) is 30.8. The summed E-state index contributed by atoms with van der Waals surface area (Å²) >= 11 is 0. The topological polar surface area (TPSA) is 120 Å². The van der Waals surface area contributed by atoms with Crippen molar-refractivity contribution in [3.8, 4) is 11.5 Å². The number of halogens is 1. The predicted octanol–water partition coefficient (Wildman–Crippen LogP) is 6.17. The number of nitrogens with one attached hydrogen (secondary N) is 2. The van der Waals surface area contributed by atoms with Crippen LogP contribution in [-0.4, -0.2) is 62.5 Å². The van der Waals surface area contributed by atoms with Crippen molar-refractivity contribution in [1.82, 2.24) is 9.62 Å². The summed E-state index contributed by atoms with van der Waals surface area (Å²) < 4.78 is 30.5. The molecule has 1 heterocycles. The Balaban J connectivity index is 0.00000616. The standard InChI is InChI=1S/C32H47N3O5S.BrH/c1-9-10-22-19-35(20-27(36)23-17-25(31(2,3)4)29(37)26(18-23)32(5,6)7)30(33)28(22)21-11-13-24(14-12-21)40-16-15-34-41(8,38)39;/h11-14,17-18,22,28,33-34,37H,9-10,15-16,19-20H2,1-8H3;1H/t22-,28+;/m0./s1. The quantitative estimate of drug-likeness (QED) is 0.195. The van der Waals surface area contributed by atoms with Crippen molar-refractivity contribution in [2.75, 3.05) is 32.5 Å². The summed E-state index contributed by atoms with van der Waals surface area (Å²) in [6.45, 7) is 15.5. The van der Waals surface area contributed by atoms with Gasteiger partial charge in [0.1, 0.15) is 23.9 Å². The van der Waals surface area contributed by atoms with Gasteiger partial charge in [0, 0.05) is 35.7 Å². The fraction of sp³-hybridized carbons (Fsp3) is 0.562. The summed E-state index contributed by atoms with van der Waals surface area (Å²) in [6, 6.07) is 11.2. The first-order chi connectivity index (χ1) is 18.9. The SMILES string of the molecule is Br.CCC[C@H]1CN(CC(=O)c2cc(C(C)(C)C)c(O)c(C(C)(C)C)c2)C(=N)[C@@H]1c1ccc(OCCNS(C)(=O)=O)cc1. The lowest BCUT2D eigenvalue weighted by molar-refractivity contribution is 0.0963.